The number of carbonyl (C=O) groups excluding carboxylic acids is 1. The molecule has 0 saturated heterocycles. The van der Waals surface area contributed by atoms with Crippen molar-refractivity contribution in [2.24, 2.45) is 0 Å². The second-order valence-corrected chi connectivity index (χ2v) is 6.29. The van der Waals surface area contributed by atoms with Crippen LogP contribution in [0.4, 0.5) is 8.78 Å². The fourth-order valence-electron chi connectivity index (χ4n) is 1.69. The second kappa shape index (κ2) is 11.4. The summed E-state index contributed by atoms with van der Waals surface area (Å²) >= 11 is 1.46. The van der Waals surface area contributed by atoms with Gasteiger partial charge in [0.1, 0.15) is 5.25 Å². The zero-order valence-corrected chi connectivity index (χ0v) is 13.7. The molecule has 0 aliphatic heterocycles. The van der Waals surface area contributed by atoms with E-state index in [1.807, 2.05) is 6.92 Å². The number of hydrogen-bond donors (Lipinski definition) is 0. The summed E-state index contributed by atoms with van der Waals surface area (Å²) in [4.78, 5) is 11.9. The lowest BCUT2D eigenvalue weighted by molar-refractivity contribution is -0.143. The van der Waals surface area contributed by atoms with Crippen molar-refractivity contribution >= 4 is 17.7 Å². The molecule has 0 aromatic rings. The predicted molar refractivity (Wildman–Crippen MR) is 81.5 cm³/mol. The summed E-state index contributed by atoms with van der Waals surface area (Å²) in [5, 5.41) is -0.197. The van der Waals surface area contributed by atoms with Crippen molar-refractivity contribution in [3.63, 3.8) is 0 Å². The van der Waals surface area contributed by atoms with Crippen LogP contribution in [0.5, 0.6) is 0 Å². The molecule has 120 valence electrons. The Kier molecular flexibility index (Phi) is 11.2. The lowest BCUT2D eigenvalue weighted by Gasteiger charge is -2.17. The number of unbranched alkanes of at least 4 members (excludes halogenated alkanes) is 1. The number of rotatable bonds is 12. The molecule has 20 heavy (non-hydrogen) atoms. The van der Waals surface area contributed by atoms with Crippen LogP contribution in [0.3, 0.4) is 0 Å². The van der Waals surface area contributed by atoms with Crippen molar-refractivity contribution in [3.8, 4) is 0 Å². The van der Waals surface area contributed by atoms with Crippen molar-refractivity contribution in [1.82, 2.24) is 0 Å². The van der Waals surface area contributed by atoms with E-state index in [0.29, 0.717) is 18.8 Å². The number of hydrogen-bond acceptors (Lipinski definition) is 3. The van der Waals surface area contributed by atoms with E-state index in [2.05, 4.69) is 6.92 Å². The highest BCUT2D eigenvalue weighted by Crippen LogP contribution is 2.27. The SMILES string of the molecule is CCCCC(SCCCC(F)(F)CC)C(=O)OCCC. The van der Waals surface area contributed by atoms with Gasteiger partial charge in [0, 0.05) is 12.8 Å². The first-order valence-corrected chi connectivity index (χ1v) is 8.67. The monoisotopic (exact) mass is 310 g/mol. The van der Waals surface area contributed by atoms with Crippen LogP contribution in [0.1, 0.15) is 65.7 Å². The van der Waals surface area contributed by atoms with Crippen LogP contribution < -0.4 is 0 Å². The Bertz CT molecular complexity index is 260. The van der Waals surface area contributed by atoms with Crippen molar-refractivity contribution in [2.45, 2.75) is 76.9 Å². The minimum absolute atomic E-state index is 0.0962. The van der Waals surface area contributed by atoms with Gasteiger partial charge in [0.05, 0.1) is 6.61 Å². The summed E-state index contributed by atoms with van der Waals surface area (Å²) < 4.78 is 31.4. The molecule has 1 unspecified atom stereocenters. The molecule has 0 fully saturated rings. The van der Waals surface area contributed by atoms with Gasteiger partial charge in [-0.15, -0.1) is 11.8 Å². The Hall–Kier alpha value is -0.320. The third kappa shape index (κ3) is 9.56. The van der Waals surface area contributed by atoms with Gasteiger partial charge in [-0.1, -0.05) is 33.6 Å². The number of esters is 1. The van der Waals surface area contributed by atoms with E-state index < -0.39 is 5.92 Å². The third-order valence-corrected chi connectivity index (χ3v) is 4.41. The quantitative estimate of drug-likeness (QED) is 0.372. The summed E-state index contributed by atoms with van der Waals surface area (Å²) in [6.45, 7) is 5.96. The summed E-state index contributed by atoms with van der Waals surface area (Å²) in [6.07, 6.45) is 3.79. The Morgan fingerprint density at radius 1 is 1.20 bits per heavy atom. The summed E-state index contributed by atoms with van der Waals surface area (Å²) in [5.74, 6) is -2.17. The molecule has 2 nitrogen and oxygen atoms in total. The van der Waals surface area contributed by atoms with E-state index in [4.69, 9.17) is 4.74 Å². The third-order valence-electron chi connectivity index (χ3n) is 3.05. The zero-order valence-electron chi connectivity index (χ0n) is 12.9. The fraction of sp³-hybridized carbons (Fsp3) is 0.933. The van der Waals surface area contributed by atoms with E-state index >= 15 is 0 Å². The van der Waals surface area contributed by atoms with Crippen LogP contribution in [-0.4, -0.2) is 29.5 Å². The van der Waals surface area contributed by atoms with Crippen molar-refractivity contribution in [2.75, 3.05) is 12.4 Å². The van der Waals surface area contributed by atoms with E-state index in [1.165, 1.54) is 18.7 Å². The second-order valence-electron chi connectivity index (χ2n) is 4.98. The van der Waals surface area contributed by atoms with Gasteiger partial charge < -0.3 is 4.74 Å². The molecule has 0 radical (unpaired) electrons. The van der Waals surface area contributed by atoms with E-state index in [1.54, 1.807) is 0 Å². The maximum atomic E-state index is 13.1. The average Bonchev–Trinajstić information content (AvgIpc) is 2.43. The van der Waals surface area contributed by atoms with Gasteiger partial charge in [0.15, 0.2) is 0 Å². The van der Waals surface area contributed by atoms with Gasteiger partial charge in [-0.05, 0) is 25.0 Å². The molecule has 0 spiro atoms. The lowest BCUT2D eigenvalue weighted by atomic mass is 10.1. The predicted octanol–water partition coefficient (Wildman–Crippen LogP) is 5.06. The van der Waals surface area contributed by atoms with Gasteiger partial charge >= 0.3 is 5.97 Å². The largest absolute Gasteiger partial charge is 0.465 e. The van der Waals surface area contributed by atoms with Crippen LogP contribution >= 0.6 is 11.8 Å². The highest BCUT2D eigenvalue weighted by Gasteiger charge is 2.26. The molecule has 5 heteroatoms. The average molecular weight is 310 g/mol. The molecular weight excluding hydrogens is 282 g/mol. The Morgan fingerprint density at radius 2 is 1.90 bits per heavy atom. The molecule has 0 amide bonds. The number of carbonyl (C=O) groups is 1. The first-order valence-electron chi connectivity index (χ1n) is 7.62. The van der Waals surface area contributed by atoms with E-state index in [0.717, 1.165) is 25.7 Å². The molecule has 0 aromatic carbocycles. The van der Waals surface area contributed by atoms with E-state index in [9.17, 15) is 13.6 Å². The van der Waals surface area contributed by atoms with Gasteiger partial charge in [0.2, 0.25) is 5.92 Å². The Morgan fingerprint density at radius 3 is 2.45 bits per heavy atom. The molecule has 0 bridgehead atoms. The van der Waals surface area contributed by atoms with Crippen molar-refractivity contribution < 1.29 is 18.3 Å². The molecule has 0 N–H and O–H groups in total. The number of ether oxygens (including phenoxy) is 1. The van der Waals surface area contributed by atoms with Crippen molar-refractivity contribution in [3.05, 3.63) is 0 Å². The normalized spacial score (nSPS) is 13.2. The standard InChI is InChI=1S/C15H28F2O2S/c1-4-7-9-13(14(18)19-11-5-2)20-12-8-10-15(16,17)6-3/h13H,4-12H2,1-3H3. The van der Waals surface area contributed by atoms with Crippen LogP contribution in [0, 0.1) is 0 Å². The molecule has 0 aromatic heterocycles. The molecular formula is C15H28F2O2S. The fourth-order valence-corrected chi connectivity index (χ4v) is 2.82. The molecule has 0 rings (SSSR count). The Labute approximate surface area is 126 Å². The number of alkyl halides is 2. The maximum absolute atomic E-state index is 13.1. The summed E-state index contributed by atoms with van der Waals surface area (Å²) in [7, 11) is 0. The summed E-state index contributed by atoms with van der Waals surface area (Å²) in [5.41, 5.74) is 0. The minimum atomic E-state index is -2.57. The molecule has 0 aliphatic carbocycles. The lowest BCUT2D eigenvalue weighted by Crippen LogP contribution is -2.21. The number of thioether (sulfide) groups is 1. The molecule has 1 atom stereocenters. The van der Waals surface area contributed by atoms with Crippen LogP contribution in [0.25, 0.3) is 0 Å². The highest BCUT2D eigenvalue weighted by atomic mass is 32.2. The van der Waals surface area contributed by atoms with Crippen LogP contribution in [-0.2, 0) is 9.53 Å². The van der Waals surface area contributed by atoms with Crippen LogP contribution in [0.15, 0.2) is 0 Å². The topological polar surface area (TPSA) is 26.3 Å². The molecule has 0 aliphatic rings. The number of halogens is 2. The highest BCUT2D eigenvalue weighted by molar-refractivity contribution is 8.00. The first kappa shape index (κ1) is 19.7. The molecule has 0 heterocycles. The first-order chi connectivity index (χ1) is 9.46. The smallest absolute Gasteiger partial charge is 0.319 e. The maximum Gasteiger partial charge on any atom is 0.319 e. The van der Waals surface area contributed by atoms with E-state index in [-0.39, 0.29) is 24.1 Å². The Balaban J connectivity index is 4.06. The van der Waals surface area contributed by atoms with Gasteiger partial charge in [0.25, 0.3) is 0 Å². The zero-order chi connectivity index (χ0) is 15.4. The van der Waals surface area contributed by atoms with Gasteiger partial charge in [-0.2, -0.15) is 0 Å². The molecule has 0 saturated carbocycles. The van der Waals surface area contributed by atoms with Crippen molar-refractivity contribution in [1.29, 1.82) is 0 Å². The summed E-state index contributed by atoms with van der Waals surface area (Å²) in [6, 6.07) is 0. The van der Waals surface area contributed by atoms with Crippen LogP contribution in [0.2, 0.25) is 0 Å². The minimum Gasteiger partial charge on any atom is -0.465 e. The van der Waals surface area contributed by atoms with Gasteiger partial charge in [-0.3, -0.25) is 4.79 Å². The van der Waals surface area contributed by atoms with Gasteiger partial charge in [-0.25, -0.2) is 8.78 Å².